The predicted molar refractivity (Wildman–Crippen MR) is 272 cm³/mol. The highest BCUT2D eigenvalue weighted by Crippen LogP contribution is 2.30. The van der Waals surface area contributed by atoms with E-state index in [0.717, 1.165) is 51.4 Å². The minimum atomic E-state index is -1.79. The van der Waals surface area contributed by atoms with Crippen LogP contribution in [0, 0.1) is 0 Å². The van der Waals surface area contributed by atoms with Crippen molar-refractivity contribution in [2.75, 3.05) is 19.8 Å². The molecular weight excluding hydrogens is 883 g/mol. The van der Waals surface area contributed by atoms with Gasteiger partial charge in [-0.05, 0) is 57.8 Å². The number of unbranched alkanes of at least 4 members (excludes halogenated alkanes) is 26. The number of carbonyl (C=O) groups excluding carboxylic acids is 1. The van der Waals surface area contributed by atoms with Gasteiger partial charge in [0.05, 0.1) is 32.0 Å². The maximum Gasteiger partial charge on any atom is 0.220 e. The fourth-order valence-electron chi connectivity index (χ4n) is 9.01. The molecule has 14 nitrogen and oxygen atoms in total. The quantitative estimate of drug-likeness (QED) is 0.0207. The summed E-state index contributed by atoms with van der Waals surface area (Å²) >= 11 is 0. The molecule has 0 spiro atoms. The van der Waals surface area contributed by atoms with Crippen LogP contribution in [-0.2, 0) is 23.7 Å². The lowest BCUT2D eigenvalue weighted by Crippen LogP contribution is -2.65. The van der Waals surface area contributed by atoms with Crippen LogP contribution in [0.2, 0.25) is 0 Å². The molecular formula is C55H101NO13. The SMILES string of the molecule is CCCCCCCC/C=C\CCCCCCCC(=O)NC(COC1OC(CO)C(OC2OC(CO)C(O)C(O)C2O)C(O)C1O)C(O)/C=C/CC/C=C/CCCCCCCCCCCCCCCC. The second kappa shape index (κ2) is 41.7. The molecule has 12 atom stereocenters. The van der Waals surface area contributed by atoms with Gasteiger partial charge in [-0.15, -0.1) is 0 Å². The molecule has 69 heavy (non-hydrogen) atoms. The molecule has 2 rings (SSSR count). The van der Waals surface area contributed by atoms with Crippen LogP contribution in [0.4, 0.5) is 0 Å². The number of hydrogen-bond acceptors (Lipinski definition) is 13. The molecule has 0 bridgehead atoms. The van der Waals surface area contributed by atoms with E-state index in [2.05, 4.69) is 43.5 Å². The summed E-state index contributed by atoms with van der Waals surface area (Å²) in [5, 5.41) is 86.9. The average Bonchev–Trinajstić information content (AvgIpc) is 3.35. The van der Waals surface area contributed by atoms with Crippen molar-refractivity contribution in [3.8, 4) is 0 Å². The molecule has 0 aliphatic carbocycles. The second-order valence-electron chi connectivity index (χ2n) is 19.7. The summed E-state index contributed by atoms with van der Waals surface area (Å²) in [5.74, 6) is -0.258. The molecule has 0 saturated carbocycles. The number of carbonyl (C=O) groups is 1. The highest BCUT2D eigenvalue weighted by Gasteiger charge is 2.51. The van der Waals surface area contributed by atoms with Crippen molar-refractivity contribution in [3.05, 3.63) is 36.5 Å². The first-order chi connectivity index (χ1) is 33.6. The van der Waals surface area contributed by atoms with Crippen LogP contribution in [0.5, 0.6) is 0 Å². The molecule has 0 radical (unpaired) electrons. The summed E-state index contributed by atoms with van der Waals surface area (Å²) in [6, 6.07) is -0.934. The summed E-state index contributed by atoms with van der Waals surface area (Å²) in [6.45, 7) is 2.77. The van der Waals surface area contributed by atoms with Crippen molar-refractivity contribution in [1.82, 2.24) is 5.32 Å². The van der Waals surface area contributed by atoms with Crippen molar-refractivity contribution < 1.29 is 64.6 Å². The number of amides is 1. The van der Waals surface area contributed by atoms with Crippen molar-refractivity contribution in [1.29, 1.82) is 0 Å². The lowest BCUT2D eigenvalue weighted by atomic mass is 9.97. The minimum Gasteiger partial charge on any atom is -0.394 e. The summed E-state index contributed by atoms with van der Waals surface area (Å²) in [4.78, 5) is 13.2. The van der Waals surface area contributed by atoms with E-state index >= 15 is 0 Å². The summed E-state index contributed by atoms with van der Waals surface area (Å²) in [6.07, 6.45) is 31.8. The molecule has 2 aliphatic rings. The second-order valence-corrected chi connectivity index (χ2v) is 19.7. The van der Waals surface area contributed by atoms with Gasteiger partial charge in [0.1, 0.15) is 48.8 Å². The van der Waals surface area contributed by atoms with Crippen LogP contribution in [-0.4, -0.2) is 140 Å². The third-order valence-corrected chi connectivity index (χ3v) is 13.5. The number of ether oxygens (including phenoxy) is 4. The molecule has 2 heterocycles. The van der Waals surface area contributed by atoms with Crippen molar-refractivity contribution in [2.45, 2.75) is 286 Å². The third kappa shape index (κ3) is 28.3. The monoisotopic (exact) mass is 984 g/mol. The van der Waals surface area contributed by atoms with Gasteiger partial charge in [-0.25, -0.2) is 0 Å². The summed E-state index contributed by atoms with van der Waals surface area (Å²) in [5.41, 5.74) is 0. The molecule has 2 fully saturated rings. The molecule has 1 amide bonds. The molecule has 2 aliphatic heterocycles. The van der Waals surface area contributed by atoms with E-state index in [0.29, 0.717) is 12.8 Å². The summed E-state index contributed by atoms with van der Waals surface area (Å²) in [7, 11) is 0. The van der Waals surface area contributed by atoms with Gasteiger partial charge in [0.25, 0.3) is 0 Å². The van der Waals surface area contributed by atoms with Crippen LogP contribution < -0.4 is 5.32 Å². The normalized spacial score (nSPS) is 26.4. The van der Waals surface area contributed by atoms with Gasteiger partial charge in [0.2, 0.25) is 5.91 Å². The average molecular weight is 984 g/mol. The Morgan fingerprint density at radius 3 is 1.42 bits per heavy atom. The zero-order valence-corrected chi connectivity index (χ0v) is 43.1. The van der Waals surface area contributed by atoms with Gasteiger partial charge in [-0.3, -0.25) is 4.79 Å². The molecule has 12 unspecified atom stereocenters. The van der Waals surface area contributed by atoms with E-state index in [4.69, 9.17) is 18.9 Å². The lowest BCUT2D eigenvalue weighted by molar-refractivity contribution is -0.359. The first kappa shape index (κ1) is 63.3. The Morgan fingerprint density at radius 2 is 0.928 bits per heavy atom. The maximum absolute atomic E-state index is 13.2. The van der Waals surface area contributed by atoms with Crippen LogP contribution in [0.1, 0.15) is 213 Å². The number of allylic oxidation sites excluding steroid dienone is 5. The van der Waals surface area contributed by atoms with Crippen molar-refractivity contribution >= 4 is 5.91 Å². The Balaban J connectivity index is 1.83. The third-order valence-electron chi connectivity index (χ3n) is 13.5. The van der Waals surface area contributed by atoms with Crippen molar-refractivity contribution in [3.63, 3.8) is 0 Å². The standard InChI is InChI=1S/C55H101NO13/c1-3-5-7-9-11-13-15-17-19-20-21-22-23-25-26-28-30-32-34-36-38-44(59)43(56-47(60)39-37-35-33-31-29-27-24-18-16-14-12-10-8-6-4-2)42-66-54-52(65)50(63)53(46(41-58)68-54)69-55-51(64)49(62)48(61)45(40-57)67-55/h18,24,28,30,36,38,43-46,48-55,57-59,61-65H,3-17,19-23,25-27,29,31-35,37,39-42H2,1-2H3,(H,56,60)/b24-18-,30-28+,38-36+. The number of aliphatic hydroxyl groups is 8. The van der Waals surface area contributed by atoms with E-state index in [1.807, 2.05) is 6.08 Å². The fraction of sp³-hybridized carbons (Fsp3) is 0.873. The molecule has 14 heteroatoms. The Bertz CT molecular complexity index is 1300. The maximum atomic E-state index is 13.2. The smallest absolute Gasteiger partial charge is 0.220 e. The van der Waals surface area contributed by atoms with Gasteiger partial charge >= 0.3 is 0 Å². The van der Waals surface area contributed by atoms with E-state index in [1.165, 1.54) is 128 Å². The van der Waals surface area contributed by atoms with Gasteiger partial charge in [-0.2, -0.15) is 0 Å². The Labute approximate surface area is 417 Å². The molecule has 0 aromatic carbocycles. The topological polar surface area (TPSA) is 228 Å². The van der Waals surface area contributed by atoms with Crippen LogP contribution in [0.15, 0.2) is 36.5 Å². The number of rotatable bonds is 43. The largest absolute Gasteiger partial charge is 0.394 e. The van der Waals surface area contributed by atoms with Crippen LogP contribution in [0.25, 0.3) is 0 Å². The van der Waals surface area contributed by atoms with Crippen LogP contribution in [0.3, 0.4) is 0 Å². The Kier molecular flexibility index (Phi) is 38.2. The first-order valence-electron chi connectivity index (χ1n) is 27.7. The molecule has 9 N–H and O–H groups in total. The Hall–Kier alpha value is -1.79. The number of hydrogen-bond donors (Lipinski definition) is 9. The first-order valence-corrected chi connectivity index (χ1v) is 27.7. The van der Waals surface area contributed by atoms with E-state index < -0.39 is 86.8 Å². The van der Waals surface area contributed by atoms with Gasteiger partial charge in [-0.1, -0.05) is 185 Å². The molecule has 2 saturated heterocycles. The fourth-order valence-corrected chi connectivity index (χ4v) is 9.01. The van der Waals surface area contributed by atoms with Gasteiger partial charge in [0, 0.05) is 6.42 Å². The molecule has 0 aromatic heterocycles. The minimum absolute atomic E-state index is 0.258. The zero-order valence-electron chi connectivity index (χ0n) is 43.1. The highest BCUT2D eigenvalue weighted by molar-refractivity contribution is 5.76. The highest BCUT2D eigenvalue weighted by atomic mass is 16.7. The lowest BCUT2D eigenvalue weighted by Gasteiger charge is -2.46. The number of nitrogens with one attached hydrogen (secondary N) is 1. The predicted octanol–water partition coefficient (Wildman–Crippen LogP) is 8.27. The van der Waals surface area contributed by atoms with E-state index in [9.17, 15) is 45.6 Å². The molecule has 404 valence electrons. The van der Waals surface area contributed by atoms with Crippen molar-refractivity contribution in [2.24, 2.45) is 0 Å². The van der Waals surface area contributed by atoms with Gasteiger partial charge in [0.15, 0.2) is 12.6 Å². The van der Waals surface area contributed by atoms with E-state index in [1.54, 1.807) is 6.08 Å². The Morgan fingerprint density at radius 1 is 0.507 bits per heavy atom. The zero-order chi connectivity index (χ0) is 50.3. The van der Waals surface area contributed by atoms with Crippen LogP contribution >= 0.6 is 0 Å². The summed E-state index contributed by atoms with van der Waals surface area (Å²) < 4.78 is 22.7. The van der Waals surface area contributed by atoms with Gasteiger partial charge < -0.3 is 65.1 Å². The molecule has 0 aromatic rings. The van der Waals surface area contributed by atoms with E-state index in [-0.39, 0.29) is 18.9 Å². The number of aliphatic hydroxyl groups excluding tert-OH is 8.